The van der Waals surface area contributed by atoms with E-state index in [0.29, 0.717) is 6.42 Å². The van der Waals surface area contributed by atoms with Gasteiger partial charge >= 0.3 is 0 Å². The van der Waals surface area contributed by atoms with Crippen LogP contribution in [-0.2, 0) is 6.42 Å². The molecule has 4 heteroatoms. The molecule has 0 saturated heterocycles. The van der Waals surface area contributed by atoms with Crippen LogP contribution in [0.3, 0.4) is 0 Å². The number of hydrogen-bond acceptors (Lipinski definition) is 3. The first kappa shape index (κ1) is 14.0. The molecule has 102 valence electrons. The average Bonchev–Trinajstić information content (AvgIpc) is 2.83. The van der Waals surface area contributed by atoms with Gasteiger partial charge in [-0.25, -0.2) is 4.98 Å². The Morgan fingerprint density at radius 1 is 1.20 bits per heavy atom. The largest absolute Gasteiger partial charge is 0.388 e. The number of rotatable bonds is 3. The lowest BCUT2D eigenvalue weighted by molar-refractivity contribution is 0.177. The van der Waals surface area contributed by atoms with Gasteiger partial charge in [-0.05, 0) is 52.8 Å². The molecule has 0 bridgehead atoms. The zero-order valence-electron chi connectivity index (χ0n) is 11.0. The number of thiazole rings is 1. The Kier molecular flexibility index (Phi) is 4.05. The Labute approximate surface area is 135 Å². The normalized spacial score (nSPS) is 12.8. The summed E-state index contributed by atoms with van der Waals surface area (Å²) in [5.41, 5.74) is 3.20. The highest BCUT2D eigenvalue weighted by atomic mass is 127. The molecule has 0 spiro atoms. The number of halogens is 1. The number of nitrogens with zero attached hydrogens (tertiary/aromatic N) is 1. The molecule has 3 aromatic rings. The minimum atomic E-state index is -0.498. The van der Waals surface area contributed by atoms with Crippen LogP contribution in [0.2, 0.25) is 0 Å². The van der Waals surface area contributed by atoms with Crippen LogP contribution in [0.25, 0.3) is 10.2 Å². The number of para-hydroxylation sites is 1. The van der Waals surface area contributed by atoms with Gasteiger partial charge in [-0.1, -0.05) is 30.3 Å². The molecule has 1 heterocycles. The predicted octanol–water partition coefficient (Wildman–Crippen LogP) is 4.49. The van der Waals surface area contributed by atoms with E-state index in [1.807, 2.05) is 30.3 Å². The summed E-state index contributed by atoms with van der Waals surface area (Å²) in [5, 5.41) is 11.4. The van der Waals surface area contributed by atoms with Crippen molar-refractivity contribution in [2.75, 3.05) is 0 Å². The molecule has 1 unspecified atom stereocenters. The van der Waals surface area contributed by atoms with Crippen molar-refractivity contribution in [3.05, 3.63) is 62.2 Å². The highest BCUT2D eigenvalue weighted by molar-refractivity contribution is 14.1. The fraction of sp³-hybridized carbons (Fsp3) is 0.188. The number of benzene rings is 2. The van der Waals surface area contributed by atoms with Crippen molar-refractivity contribution >= 4 is 44.1 Å². The van der Waals surface area contributed by atoms with Crippen LogP contribution in [0, 0.1) is 10.5 Å². The Balaban J connectivity index is 1.88. The van der Waals surface area contributed by atoms with Crippen LogP contribution >= 0.6 is 33.9 Å². The molecule has 0 aliphatic rings. The van der Waals surface area contributed by atoms with Gasteiger partial charge in [0.25, 0.3) is 0 Å². The SMILES string of the molecule is Cc1cccc(C(O)Cc2nc3ccccc3s2)c1I. The van der Waals surface area contributed by atoms with E-state index < -0.39 is 6.10 Å². The van der Waals surface area contributed by atoms with E-state index in [1.165, 1.54) is 10.3 Å². The lowest BCUT2D eigenvalue weighted by Crippen LogP contribution is -2.04. The van der Waals surface area contributed by atoms with Crippen molar-refractivity contribution < 1.29 is 5.11 Å². The zero-order valence-corrected chi connectivity index (χ0v) is 14.0. The van der Waals surface area contributed by atoms with Crippen LogP contribution in [0.1, 0.15) is 22.2 Å². The third-order valence-electron chi connectivity index (χ3n) is 3.29. The Bertz CT molecular complexity index is 720. The van der Waals surface area contributed by atoms with Crippen molar-refractivity contribution in [2.45, 2.75) is 19.4 Å². The molecule has 2 nitrogen and oxygen atoms in total. The molecule has 0 saturated carbocycles. The summed E-state index contributed by atoms with van der Waals surface area (Å²) in [6, 6.07) is 14.1. The van der Waals surface area contributed by atoms with Gasteiger partial charge in [0, 0.05) is 9.99 Å². The van der Waals surface area contributed by atoms with Gasteiger partial charge in [-0.3, -0.25) is 0 Å². The monoisotopic (exact) mass is 395 g/mol. The molecular weight excluding hydrogens is 381 g/mol. The number of fused-ring (bicyclic) bond motifs is 1. The Morgan fingerprint density at radius 2 is 2.00 bits per heavy atom. The van der Waals surface area contributed by atoms with Gasteiger partial charge in [-0.2, -0.15) is 0 Å². The number of hydrogen-bond donors (Lipinski definition) is 1. The highest BCUT2D eigenvalue weighted by Crippen LogP contribution is 2.29. The minimum Gasteiger partial charge on any atom is -0.388 e. The molecule has 0 fully saturated rings. The summed E-state index contributed by atoms with van der Waals surface area (Å²) < 4.78 is 2.31. The standard InChI is InChI=1S/C16H14INOS/c1-10-5-4-6-11(16(10)17)13(19)9-15-18-12-7-2-3-8-14(12)20-15/h2-8,13,19H,9H2,1H3. The number of aliphatic hydroxyl groups excluding tert-OH is 1. The second-order valence-corrected chi connectivity index (χ2v) is 6.97. The van der Waals surface area contributed by atoms with Gasteiger partial charge in [0.15, 0.2) is 0 Å². The highest BCUT2D eigenvalue weighted by Gasteiger charge is 2.15. The van der Waals surface area contributed by atoms with Crippen LogP contribution < -0.4 is 0 Å². The third kappa shape index (κ3) is 2.73. The molecule has 0 amide bonds. The molecule has 20 heavy (non-hydrogen) atoms. The second kappa shape index (κ2) is 5.79. The molecule has 0 aliphatic heterocycles. The number of aromatic nitrogens is 1. The Hall–Kier alpha value is -0.980. The number of aliphatic hydroxyl groups is 1. The minimum absolute atomic E-state index is 0.498. The first-order valence-corrected chi connectivity index (χ1v) is 8.32. The van der Waals surface area contributed by atoms with Gasteiger partial charge in [-0.15, -0.1) is 11.3 Å². The summed E-state index contributed by atoms with van der Waals surface area (Å²) in [6.07, 6.45) is 0.0704. The summed E-state index contributed by atoms with van der Waals surface area (Å²) in [4.78, 5) is 4.59. The molecule has 1 aromatic heterocycles. The molecular formula is C16H14INOS. The third-order valence-corrected chi connectivity index (χ3v) is 5.82. The second-order valence-electron chi connectivity index (χ2n) is 4.77. The van der Waals surface area contributed by atoms with Gasteiger partial charge < -0.3 is 5.11 Å². The summed E-state index contributed by atoms with van der Waals surface area (Å²) in [5.74, 6) is 0. The lowest BCUT2D eigenvalue weighted by atomic mass is 10.0. The lowest BCUT2D eigenvalue weighted by Gasteiger charge is -2.12. The van der Waals surface area contributed by atoms with Crippen molar-refractivity contribution in [1.29, 1.82) is 0 Å². The quantitative estimate of drug-likeness (QED) is 0.664. The van der Waals surface area contributed by atoms with Crippen LogP contribution in [0.5, 0.6) is 0 Å². The van der Waals surface area contributed by atoms with E-state index in [1.54, 1.807) is 11.3 Å². The van der Waals surface area contributed by atoms with Gasteiger partial charge in [0.2, 0.25) is 0 Å². The molecule has 0 radical (unpaired) electrons. The van der Waals surface area contributed by atoms with Crippen molar-refractivity contribution in [3.8, 4) is 0 Å². The van der Waals surface area contributed by atoms with Crippen molar-refractivity contribution in [3.63, 3.8) is 0 Å². The first-order chi connectivity index (χ1) is 9.65. The topological polar surface area (TPSA) is 33.1 Å². The molecule has 1 atom stereocenters. The predicted molar refractivity (Wildman–Crippen MR) is 92.2 cm³/mol. The van der Waals surface area contributed by atoms with E-state index in [0.717, 1.165) is 19.7 Å². The summed E-state index contributed by atoms with van der Waals surface area (Å²) in [6.45, 7) is 2.07. The van der Waals surface area contributed by atoms with E-state index >= 15 is 0 Å². The molecule has 1 N–H and O–H groups in total. The van der Waals surface area contributed by atoms with E-state index in [4.69, 9.17) is 0 Å². The molecule has 3 rings (SSSR count). The van der Waals surface area contributed by atoms with Gasteiger partial charge in [0.1, 0.15) is 0 Å². The van der Waals surface area contributed by atoms with Gasteiger partial charge in [0.05, 0.1) is 21.3 Å². The summed E-state index contributed by atoms with van der Waals surface area (Å²) >= 11 is 3.96. The fourth-order valence-electron chi connectivity index (χ4n) is 2.21. The van der Waals surface area contributed by atoms with Crippen molar-refractivity contribution in [1.82, 2.24) is 4.98 Å². The smallest absolute Gasteiger partial charge is 0.0967 e. The maximum absolute atomic E-state index is 10.5. The van der Waals surface area contributed by atoms with E-state index in [2.05, 4.69) is 46.6 Å². The van der Waals surface area contributed by atoms with Crippen LogP contribution in [0.15, 0.2) is 42.5 Å². The first-order valence-electron chi connectivity index (χ1n) is 6.42. The molecule has 2 aromatic carbocycles. The Morgan fingerprint density at radius 3 is 2.80 bits per heavy atom. The average molecular weight is 395 g/mol. The zero-order chi connectivity index (χ0) is 14.1. The summed E-state index contributed by atoms with van der Waals surface area (Å²) in [7, 11) is 0. The molecule has 0 aliphatic carbocycles. The number of aryl methyl sites for hydroxylation is 1. The van der Waals surface area contributed by atoms with Crippen molar-refractivity contribution in [2.24, 2.45) is 0 Å². The van der Waals surface area contributed by atoms with E-state index in [9.17, 15) is 5.11 Å². The fourth-order valence-corrected chi connectivity index (χ4v) is 3.93. The van der Waals surface area contributed by atoms with Crippen LogP contribution in [0.4, 0.5) is 0 Å². The maximum atomic E-state index is 10.5. The van der Waals surface area contributed by atoms with Crippen LogP contribution in [-0.4, -0.2) is 10.1 Å². The maximum Gasteiger partial charge on any atom is 0.0967 e. The van der Waals surface area contributed by atoms with E-state index in [-0.39, 0.29) is 0 Å².